The SMILES string of the molecule is c1ccc(-c2ccc(N(c3ccc(-c4ccccc4)cc3)c3cccc4c3-c3ccccc3C43c4ccccc4-c4c3cc3c5c(cccc45)-c4ccccc4-3)cc2)cc1. The van der Waals surface area contributed by atoms with E-state index < -0.39 is 5.41 Å². The van der Waals surface area contributed by atoms with Crippen LogP contribution in [0.4, 0.5) is 17.1 Å². The standard InChI is InChI=1S/C59H37N/c1-3-15-38(16-4-1)40-29-33-42(34-30-40)60(43-35-31-41(32-36-43)39-17-5-2-6-18-39)55-28-14-27-53-58(55)48-22-10-12-26-52(48)59(53)51-25-11-9-21-47(51)57-49-24-13-23-46-44-19-7-8-20-45(44)50(56(46)49)37-54(57)59/h1-37H. The van der Waals surface area contributed by atoms with Gasteiger partial charge >= 0.3 is 0 Å². The van der Waals surface area contributed by atoms with Crippen molar-refractivity contribution in [2.75, 3.05) is 4.90 Å². The number of benzene rings is 10. The molecule has 0 saturated carbocycles. The summed E-state index contributed by atoms with van der Waals surface area (Å²) in [5, 5.41) is 2.70. The molecule has 10 aromatic carbocycles. The van der Waals surface area contributed by atoms with E-state index in [4.69, 9.17) is 0 Å². The first-order chi connectivity index (χ1) is 29.8. The molecule has 0 heterocycles. The largest absolute Gasteiger partial charge is 0.310 e. The Labute approximate surface area is 350 Å². The van der Waals surface area contributed by atoms with E-state index in [0.29, 0.717) is 0 Å². The summed E-state index contributed by atoms with van der Waals surface area (Å²) >= 11 is 0. The molecule has 3 aliphatic carbocycles. The first-order valence-corrected chi connectivity index (χ1v) is 20.9. The number of rotatable bonds is 5. The van der Waals surface area contributed by atoms with E-state index in [1.165, 1.54) is 105 Å². The Kier molecular flexibility index (Phi) is 7.00. The second kappa shape index (κ2) is 12.6. The van der Waals surface area contributed by atoms with Crippen molar-refractivity contribution in [1.29, 1.82) is 0 Å². The van der Waals surface area contributed by atoms with Gasteiger partial charge < -0.3 is 4.90 Å². The highest BCUT2D eigenvalue weighted by molar-refractivity contribution is 6.21. The summed E-state index contributed by atoms with van der Waals surface area (Å²) in [5.74, 6) is 0. The fourth-order valence-corrected chi connectivity index (χ4v) is 11.0. The van der Waals surface area contributed by atoms with E-state index in [1.54, 1.807) is 0 Å². The zero-order valence-electron chi connectivity index (χ0n) is 32.8. The quantitative estimate of drug-likeness (QED) is 0.169. The van der Waals surface area contributed by atoms with E-state index >= 15 is 0 Å². The lowest BCUT2D eigenvalue weighted by Gasteiger charge is -2.32. The number of nitrogens with zero attached hydrogens (tertiary/aromatic N) is 1. The van der Waals surface area contributed by atoms with Crippen LogP contribution < -0.4 is 4.90 Å². The van der Waals surface area contributed by atoms with Gasteiger partial charge in [-0.3, -0.25) is 0 Å². The first kappa shape index (κ1) is 33.3. The number of hydrogen-bond acceptors (Lipinski definition) is 1. The fourth-order valence-electron chi connectivity index (χ4n) is 11.0. The monoisotopic (exact) mass is 759 g/mol. The third-order valence-electron chi connectivity index (χ3n) is 13.4. The van der Waals surface area contributed by atoms with Gasteiger partial charge in [-0.1, -0.05) is 188 Å². The topological polar surface area (TPSA) is 3.24 Å². The van der Waals surface area contributed by atoms with E-state index in [-0.39, 0.29) is 0 Å². The third kappa shape index (κ3) is 4.47. The maximum absolute atomic E-state index is 2.56. The number of hydrogen-bond donors (Lipinski definition) is 0. The maximum Gasteiger partial charge on any atom is 0.0726 e. The molecule has 0 amide bonds. The fraction of sp³-hybridized carbons (Fsp3) is 0.0169. The van der Waals surface area contributed by atoms with Crippen LogP contribution in [0.1, 0.15) is 22.3 Å². The highest BCUT2D eigenvalue weighted by Crippen LogP contribution is 2.67. The van der Waals surface area contributed by atoms with E-state index in [0.717, 1.165) is 11.4 Å². The molecule has 13 rings (SSSR count). The summed E-state index contributed by atoms with van der Waals surface area (Å²) in [5.41, 5.74) is 23.7. The Bertz CT molecular complexity index is 3260. The van der Waals surface area contributed by atoms with E-state index in [1.807, 2.05) is 0 Å². The highest BCUT2D eigenvalue weighted by Gasteiger charge is 2.53. The van der Waals surface area contributed by atoms with Gasteiger partial charge in [0, 0.05) is 16.9 Å². The van der Waals surface area contributed by atoms with E-state index in [2.05, 4.69) is 229 Å². The molecule has 1 heteroatoms. The van der Waals surface area contributed by atoms with Crippen LogP contribution in [0.3, 0.4) is 0 Å². The molecule has 10 aromatic rings. The zero-order chi connectivity index (χ0) is 39.4. The predicted molar refractivity (Wildman–Crippen MR) is 250 cm³/mol. The van der Waals surface area contributed by atoms with Crippen molar-refractivity contribution in [2.24, 2.45) is 0 Å². The highest BCUT2D eigenvalue weighted by atomic mass is 15.1. The summed E-state index contributed by atoms with van der Waals surface area (Å²) in [4.78, 5) is 2.47. The van der Waals surface area contributed by atoms with Crippen LogP contribution in [0.2, 0.25) is 0 Å². The van der Waals surface area contributed by atoms with Crippen molar-refractivity contribution in [2.45, 2.75) is 5.41 Å². The summed E-state index contributed by atoms with van der Waals surface area (Å²) in [6.07, 6.45) is 0. The van der Waals surface area contributed by atoms with Gasteiger partial charge in [-0.15, -0.1) is 0 Å². The van der Waals surface area contributed by atoms with Crippen molar-refractivity contribution in [3.8, 4) is 66.8 Å². The van der Waals surface area contributed by atoms with Crippen molar-refractivity contribution in [3.05, 3.63) is 247 Å². The molecule has 0 saturated heterocycles. The van der Waals surface area contributed by atoms with Gasteiger partial charge in [0.1, 0.15) is 0 Å². The first-order valence-electron chi connectivity index (χ1n) is 20.9. The molecule has 0 N–H and O–H groups in total. The van der Waals surface area contributed by atoms with Crippen LogP contribution in [0, 0.1) is 0 Å². The van der Waals surface area contributed by atoms with Crippen LogP contribution in [0.15, 0.2) is 224 Å². The Morgan fingerprint density at radius 2 is 0.733 bits per heavy atom. The maximum atomic E-state index is 2.56. The minimum Gasteiger partial charge on any atom is -0.310 e. The lowest BCUT2D eigenvalue weighted by atomic mass is 9.70. The molecule has 1 spiro atoms. The molecule has 60 heavy (non-hydrogen) atoms. The smallest absolute Gasteiger partial charge is 0.0726 e. The van der Waals surface area contributed by atoms with Crippen molar-refractivity contribution in [3.63, 3.8) is 0 Å². The zero-order valence-corrected chi connectivity index (χ0v) is 32.8. The normalized spacial score (nSPS) is 14.7. The molecular weight excluding hydrogens is 723 g/mol. The van der Waals surface area contributed by atoms with Gasteiger partial charge in [-0.25, -0.2) is 0 Å². The van der Waals surface area contributed by atoms with Crippen LogP contribution in [0.25, 0.3) is 77.5 Å². The summed E-state index contributed by atoms with van der Waals surface area (Å²) in [7, 11) is 0. The number of fused-ring (bicyclic) bond motifs is 14. The van der Waals surface area contributed by atoms with Gasteiger partial charge in [-0.05, 0) is 131 Å². The van der Waals surface area contributed by atoms with Crippen molar-refractivity contribution in [1.82, 2.24) is 0 Å². The second-order valence-corrected chi connectivity index (χ2v) is 16.3. The molecule has 3 aliphatic rings. The Morgan fingerprint density at radius 3 is 1.33 bits per heavy atom. The Morgan fingerprint density at radius 1 is 0.283 bits per heavy atom. The predicted octanol–water partition coefficient (Wildman–Crippen LogP) is 15.6. The van der Waals surface area contributed by atoms with Crippen LogP contribution in [-0.2, 0) is 5.41 Å². The average molecular weight is 760 g/mol. The lowest BCUT2D eigenvalue weighted by molar-refractivity contribution is 0.794. The van der Waals surface area contributed by atoms with Crippen LogP contribution >= 0.6 is 0 Å². The molecule has 0 aliphatic heterocycles. The van der Waals surface area contributed by atoms with Gasteiger partial charge in [-0.2, -0.15) is 0 Å². The van der Waals surface area contributed by atoms with Gasteiger partial charge in [0.2, 0.25) is 0 Å². The molecule has 278 valence electrons. The minimum atomic E-state index is -0.508. The molecule has 0 fully saturated rings. The summed E-state index contributed by atoms with van der Waals surface area (Å²) < 4.78 is 0. The summed E-state index contributed by atoms with van der Waals surface area (Å²) in [6.45, 7) is 0. The van der Waals surface area contributed by atoms with Crippen LogP contribution in [-0.4, -0.2) is 0 Å². The lowest BCUT2D eigenvalue weighted by Crippen LogP contribution is -2.26. The van der Waals surface area contributed by atoms with Crippen molar-refractivity contribution < 1.29 is 0 Å². The van der Waals surface area contributed by atoms with Crippen molar-refractivity contribution >= 4 is 27.8 Å². The molecular formula is C59H37N. The summed E-state index contributed by atoms with van der Waals surface area (Å²) in [6, 6.07) is 83.4. The van der Waals surface area contributed by atoms with E-state index in [9.17, 15) is 0 Å². The molecule has 0 bridgehead atoms. The molecule has 1 nitrogen and oxygen atoms in total. The second-order valence-electron chi connectivity index (χ2n) is 16.3. The van der Waals surface area contributed by atoms with Gasteiger partial charge in [0.05, 0.1) is 11.1 Å². The van der Waals surface area contributed by atoms with Gasteiger partial charge in [0.25, 0.3) is 0 Å². The third-order valence-corrected chi connectivity index (χ3v) is 13.4. The van der Waals surface area contributed by atoms with Gasteiger partial charge in [0.15, 0.2) is 0 Å². The Balaban J connectivity index is 1.08. The molecule has 1 unspecified atom stereocenters. The minimum absolute atomic E-state index is 0.508. The number of anilines is 3. The molecule has 0 aromatic heterocycles. The molecule has 0 radical (unpaired) electrons. The Hall–Kier alpha value is -7.74. The molecule has 1 atom stereocenters. The van der Waals surface area contributed by atoms with Crippen LogP contribution in [0.5, 0.6) is 0 Å². The average Bonchev–Trinajstić information content (AvgIpc) is 3.93.